The van der Waals surface area contributed by atoms with E-state index in [1.54, 1.807) is 6.92 Å². The first kappa shape index (κ1) is 13.6. The highest BCUT2D eigenvalue weighted by atomic mass is 19.1. The summed E-state index contributed by atoms with van der Waals surface area (Å²) in [4.78, 5) is 12.0. The van der Waals surface area contributed by atoms with Crippen LogP contribution in [0.1, 0.15) is 36.7 Å². The van der Waals surface area contributed by atoms with E-state index in [1.807, 2.05) is 20.8 Å². The minimum atomic E-state index is -0.502. The van der Waals surface area contributed by atoms with Crippen LogP contribution in [0.4, 0.5) is 4.39 Å². The van der Waals surface area contributed by atoms with Gasteiger partial charge >= 0.3 is 0 Å². The number of rotatable bonds is 3. The van der Waals surface area contributed by atoms with Crippen molar-refractivity contribution in [3.8, 4) is 0 Å². The topological polar surface area (TPSA) is 55.1 Å². The summed E-state index contributed by atoms with van der Waals surface area (Å²) in [6, 6.07) is 3.93. The third-order valence-electron chi connectivity index (χ3n) is 3.01. The summed E-state index contributed by atoms with van der Waals surface area (Å²) in [5.41, 5.74) is 6.37. The number of amides is 1. The normalized spacial score (nSPS) is 13.3. The highest BCUT2D eigenvalue weighted by Gasteiger charge is 2.25. The van der Waals surface area contributed by atoms with Gasteiger partial charge in [0.05, 0.1) is 0 Å². The highest BCUT2D eigenvalue weighted by molar-refractivity contribution is 5.96. The number of nitrogens with two attached hydrogens (primary N) is 1. The molecule has 94 valence electrons. The second-order valence-electron chi connectivity index (χ2n) is 4.92. The molecule has 0 aromatic heterocycles. The SMILES string of the molecule is Cc1cc(F)ccc1C(=O)NC(C)(C)C(C)N. The second kappa shape index (κ2) is 4.84. The first-order valence-electron chi connectivity index (χ1n) is 5.58. The van der Waals surface area contributed by atoms with Gasteiger partial charge in [0.2, 0.25) is 0 Å². The molecular formula is C13H19FN2O. The Hall–Kier alpha value is -1.42. The maximum atomic E-state index is 12.9. The fourth-order valence-electron chi connectivity index (χ4n) is 1.36. The van der Waals surface area contributed by atoms with Crippen LogP contribution < -0.4 is 11.1 Å². The van der Waals surface area contributed by atoms with Gasteiger partial charge in [-0.05, 0) is 51.5 Å². The zero-order chi connectivity index (χ0) is 13.2. The summed E-state index contributed by atoms with van der Waals surface area (Å²) in [6.07, 6.45) is 0. The molecule has 3 N–H and O–H groups in total. The maximum Gasteiger partial charge on any atom is 0.252 e. The smallest absolute Gasteiger partial charge is 0.252 e. The molecule has 1 unspecified atom stereocenters. The van der Waals surface area contributed by atoms with E-state index in [1.165, 1.54) is 18.2 Å². The molecule has 4 heteroatoms. The predicted octanol–water partition coefficient (Wildman–Crippen LogP) is 1.99. The highest BCUT2D eigenvalue weighted by Crippen LogP contribution is 2.13. The van der Waals surface area contributed by atoms with Gasteiger partial charge in [-0.1, -0.05) is 0 Å². The Labute approximate surface area is 101 Å². The minimum Gasteiger partial charge on any atom is -0.346 e. The first-order valence-corrected chi connectivity index (χ1v) is 5.58. The average molecular weight is 238 g/mol. The van der Waals surface area contributed by atoms with Gasteiger partial charge in [0.25, 0.3) is 5.91 Å². The van der Waals surface area contributed by atoms with Crippen molar-refractivity contribution in [2.24, 2.45) is 5.73 Å². The van der Waals surface area contributed by atoms with Crippen LogP contribution >= 0.6 is 0 Å². The Morgan fingerprint density at radius 1 is 1.47 bits per heavy atom. The number of carbonyl (C=O) groups excluding carboxylic acids is 1. The molecule has 0 aliphatic rings. The maximum absolute atomic E-state index is 12.9. The van der Waals surface area contributed by atoms with E-state index in [2.05, 4.69) is 5.32 Å². The fourth-order valence-corrected chi connectivity index (χ4v) is 1.36. The van der Waals surface area contributed by atoms with Crippen LogP contribution in [0.15, 0.2) is 18.2 Å². The number of hydrogen-bond donors (Lipinski definition) is 2. The van der Waals surface area contributed by atoms with Gasteiger partial charge in [0.1, 0.15) is 5.82 Å². The Bertz CT molecular complexity index is 427. The van der Waals surface area contributed by atoms with Crippen molar-refractivity contribution in [2.75, 3.05) is 0 Å². The molecule has 17 heavy (non-hydrogen) atoms. The third kappa shape index (κ3) is 3.27. The zero-order valence-electron chi connectivity index (χ0n) is 10.7. The van der Waals surface area contributed by atoms with E-state index in [0.717, 1.165) is 0 Å². The largest absolute Gasteiger partial charge is 0.346 e. The lowest BCUT2D eigenvalue weighted by Gasteiger charge is -2.30. The molecule has 1 amide bonds. The molecule has 1 atom stereocenters. The lowest BCUT2D eigenvalue weighted by Crippen LogP contribution is -2.54. The second-order valence-corrected chi connectivity index (χ2v) is 4.92. The van der Waals surface area contributed by atoms with E-state index >= 15 is 0 Å². The summed E-state index contributed by atoms with van der Waals surface area (Å²) in [6.45, 7) is 7.25. The monoisotopic (exact) mass is 238 g/mol. The first-order chi connectivity index (χ1) is 7.74. The Kier molecular flexibility index (Phi) is 3.88. The quantitative estimate of drug-likeness (QED) is 0.846. The van der Waals surface area contributed by atoms with Crippen LogP contribution in [0.3, 0.4) is 0 Å². The number of halogens is 1. The van der Waals surface area contributed by atoms with Crippen molar-refractivity contribution in [1.29, 1.82) is 0 Å². The fraction of sp³-hybridized carbons (Fsp3) is 0.462. The molecular weight excluding hydrogens is 219 g/mol. The lowest BCUT2D eigenvalue weighted by atomic mass is 9.96. The molecule has 0 aliphatic heterocycles. The predicted molar refractivity (Wildman–Crippen MR) is 66.3 cm³/mol. The Morgan fingerprint density at radius 2 is 2.06 bits per heavy atom. The van der Waals surface area contributed by atoms with Gasteiger partial charge in [-0.3, -0.25) is 4.79 Å². The van der Waals surface area contributed by atoms with Crippen molar-refractivity contribution in [3.63, 3.8) is 0 Å². The minimum absolute atomic E-state index is 0.174. The summed E-state index contributed by atoms with van der Waals surface area (Å²) < 4.78 is 12.9. The van der Waals surface area contributed by atoms with Crippen molar-refractivity contribution >= 4 is 5.91 Å². The van der Waals surface area contributed by atoms with Crippen LogP contribution in [0, 0.1) is 12.7 Å². The molecule has 1 aromatic carbocycles. The summed E-state index contributed by atoms with van der Waals surface area (Å²) in [5.74, 6) is -0.574. The molecule has 1 aromatic rings. The van der Waals surface area contributed by atoms with Crippen molar-refractivity contribution in [1.82, 2.24) is 5.32 Å². The van der Waals surface area contributed by atoms with Crippen molar-refractivity contribution in [3.05, 3.63) is 35.1 Å². The van der Waals surface area contributed by atoms with Crippen LogP contribution in [-0.4, -0.2) is 17.5 Å². The molecule has 1 rings (SSSR count). The molecule has 0 heterocycles. The molecule has 0 saturated heterocycles. The van der Waals surface area contributed by atoms with Gasteiger partial charge in [-0.25, -0.2) is 4.39 Å². The zero-order valence-corrected chi connectivity index (χ0v) is 10.7. The lowest BCUT2D eigenvalue weighted by molar-refractivity contribution is 0.0902. The van der Waals surface area contributed by atoms with Crippen molar-refractivity contribution < 1.29 is 9.18 Å². The molecule has 0 fully saturated rings. The molecule has 0 bridgehead atoms. The van der Waals surface area contributed by atoms with E-state index in [9.17, 15) is 9.18 Å². The average Bonchev–Trinajstić information content (AvgIpc) is 2.15. The Morgan fingerprint density at radius 3 is 2.53 bits per heavy atom. The summed E-state index contributed by atoms with van der Waals surface area (Å²) in [7, 11) is 0. The van der Waals surface area contributed by atoms with Gasteiger partial charge < -0.3 is 11.1 Å². The van der Waals surface area contributed by atoms with Crippen LogP contribution in [0.25, 0.3) is 0 Å². The van der Waals surface area contributed by atoms with Gasteiger partial charge in [0, 0.05) is 17.1 Å². The van der Waals surface area contributed by atoms with E-state index in [0.29, 0.717) is 11.1 Å². The third-order valence-corrected chi connectivity index (χ3v) is 3.01. The van der Waals surface area contributed by atoms with E-state index in [-0.39, 0.29) is 17.8 Å². The van der Waals surface area contributed by atoms with Crippen LogP contribution in [-0.2, 0) is 0 Å². The van der Waals surface area contributed by atoms with Crippen molar-refractivity contribution in [2.45, 2.75) is 39.3 Å². The number of benzene rings is 1. The number of nitrogens with one attached hydrogen (secondary N) is 1. The van der Waals surface area contributed by atoms with Gasteiger partial charge in [-0.2, -0.15) is 0 Å². The molecule has 0 saturated carbocycles. The molecule has 0 spiro atoms. The summed E-state index contributed by atoms with van der Waals surface area (Å²) >= 11 is 0. The van der Waals surface area contributed by atoms with Gasteiger partial charge in [-0.15, -0.1) is 0 Å². The van der Waals surface area contributed by atoms with Crippen LogP contribution in [0.5, 0.6) is 0 Å². The van der Waals surface area contributed by atoms with Gasteiger partial charge in [0.15, 0.2) is 0 Å². The number of carbonyl (C=O) groups is 1. The Balaban J connectivity index is 2.91. The molecule has 0 aliphatic carbocycles. The van der Waals surface area contributed by atoms with E-state index in [4.69, 9.17) is 5.73 Å². The number of hydrogen-bond acceptors (Lipinski definition) is 2. The van der Waals surface area contributed by atoms with E-state index < -0.39 is 5.54 Å². The number of aryl methyl sites for hydroxylation is 1. The molecule has 0 radical (unpaired) electrons. The standard InChI is InChI=1S/C13H19FN2O/c1-8-7-10(14)5-6-11(8)12(17)16-13(3,4)9(2)15/h5-7,9H,15H2,1-4H3,(H,16,17). The summed E-state index contributed by atoms with van der Waals surface area (Å²) in [5, 5.41) is 2.85. The van der Waals surface area contributed by atoms with Crippen LogP contribution in [0.2, 0.25) is 0 Å². The molecule has 3 nitrogen and oxygen atoms in total.